The Morgan fingerprint density at radius 3 is 2.31 bits per heavy atom. The van der Waals surface area contributed by atoms with Gasteiger partial charge in [-0.25, -0.2) is 9.13 Å². The number of hydrogen-bond acceptors (Lipinski definition) is 1. The SMILES string of the molecule is Cn1cc[n+](C)c1B([S-])C(C)(C)C. The molecule has 0 spiro atoms. The summed E-state index contributed by atoms with van der Waals surface area (Å²) in [5, 5.41) is 0.138. The highest BCUT2D eigenvalue weighted by Crippen LogP contribution is 2.24. The number of imidazole rings is 1. The molecule has 0 fully saturated rings. The van der Waals surface area contributed by atoms with Gasteiger partial charge in [0.2, 0.25) is 0 Å². The highest BCUT2D eigenvalue weighted by molar-refractivity contribution is 7.95. The first-order valence-corrected chi connectivity index (χ1v) is 4.98. The smallest absolute Gasteiger partial charge is 0.172 e. The van der Waals surface area contributed by atoms with Gasteiger partial charge < -0.3 is 12.5 Å². The summed E-state index contributed by atoms with van der Waals surface area (Å²) in [6, 6.07) is 0. The first-order valence-electron chi connectivity index (χ1n) is 4.50. The first-order chi connectivity index (χ1) is 5.84. The van der Waals surface area contributed by atoms with E-state index in [0.29, 0.717) is 0 Å². The van der Waals surface area contributed by atoms with Gasteiger partial charge in [-0.2, -0.15) is 0 Å². The molecule has 72 valence electrons. The molecule has 0 radical (unpaired) electrons. The summed E-state index contributed by atoms with van der Waals surface area (Å²) in [4.78, 5) is 0. The van der Waals surface area contributed by atoms with Crippen LogP contribution >= 0.6 is 0 Å². The maximum Gasteiger partial charge on any atom is 0.172 e. The zero-order chi connectivity index (χ0) is 10.2. The van der Waals surface area contributed by atoms with Crippen molar-refractivity contribution in [2.24, 2.45) is 14.1 Å². The predicted octanol–water partition coefficient (Wildman–Crippen LogP) is 0.395. The van der Waals surface area contributed by atoms with Crippen molar-refractivity contribution in [1.29, 1.82) is 0 Å². The van der Waals surface area contributed by atoms with Gasteiger partial charge in [-0.15, -0.1) is 0 Å². The van der Waals surface area contributed by atoms with E-state index >= 15 is 0 Å². The van der Waals surface area contributed by atoms with E-state index in [4.69, 9.17) is 12.5 Å². The van der Waals surface area contributed by atoms with Crippen LogP contribution in [-0.4, -0.2) is 10.6 Å². The fraction of sp³-hybridized carbons (Fsp3) is 0.667. The molecule has 0 bridgehead atoms. The summed E-state index contributed by atoms with van der Waals surface area (Å²) in [7, 11) is 4.08. The largest absolute Gasteiger partial charge is 0.812 e. The van der Waals surface area contributed by atoms with Crippen molar-refractivity contribution >= 4 is 24.2 Å². The van der Waals surface area contributed by atoms with Gasteiger partial charge in [-0.3, -0.25) is 0 Å². The second kappa shape index (κ2) is 3.41. The average Bonchev–Trinajstić information content (AvgIpc) is 2.28. The molecule has 1 aromatic rings. The number of aromatic nitrogens is 2. The van der Waals surface area contributed by atoms with Crippen LogP contribution in [0.5, 0.6) is 0 Å². The normalized spacial score (nSPS) is 11.8. The molecule has 0 saturated heterocycles. The molecular formula is C9H17BN2S. The zero-order valence-electron chi connectivity index (χ0n) is 9.03. The van der Waals surface area contributed by atoms with E-state index in [1.54, 1.807) is 0 Å². The van der Waals surface area contributed by atoms with Crippen LogP contribution in [-0.2, 0) is 26.6 Å². The lowest BCUT2D eigenvalue weighted by molar-refractivity contribution is -0.653. The Hall–Kier alpha value is -0.375. The van der Waals surface area contributed by atoms with E-state index in [1.165, 1.54) is 5.72 Å². The molecule has 2 nitrogen and oxygen atoms in total. The molecule has 4 heteroatoms. The van der Waals surface area contributed by atoms with Crippen LogP contribution in [0, 0.1) is 0 Å². The summed E-state index contributed by atoms with van der Waals surface area (Å²) in [5.41, 5.74) is 1.20. The molecule has 0 N–H and O–H groups in total. The summed E-state index contributed by atoms with van der Waals surface area (Å²) in [5.74, 6) is 0.150. The molecule has 0 saturated carbocycles. The topological polar surface area (TPSA) is 8.81 Å². The Kier molecular flexibility index (Phi) is 2.81. The quantitative estimate of drug-likeness (QED) is 0.358. The summed E-state index contributed by atoms with van der Waals surface area (Å²) >= 11 is 5.53. The zero-order valence-corrected chi connectivity index (χ0v) is 9.85. The van der Waals surface area contributed by atoms with Crippen molar-refractivity contribution in [1.82, 2.24) is 4.57 Å². The van der Waals surface area contributed by atoms with E-state index in [9.17, 15) is 0 Å². The molecule has 0 aliphatic rings. The Bertz CT molecular complexity index is 282. The summed E-state index contributed by atoms with van der Waals surface area (Å²) < 4.78 is 4.20. The fourth-order valence-corrected chi connectivity index (χ4v) is 1.69. The van der Waals surface area contributed by atoms with E-state index in [0.717, 1.165) is 0 Å². The Morgan fingerprint density at radius 2 is 2.00 bits per heavy atom. The van der Waals surface area contributed by atoms with Gasteiger partial charge in [0.05, 0.1) is 14.1 Å². The third-order valence-electron chi connectivity index (χ3n) is 2.26. The first kappa shape index (κ1) is 10.7. The van der Waals surface area contributed by atoms with Crippen LogP contribution in [0.3, 0.4) is 0 Å². The third-order valence-corrected chi connectivity index (χ3v) is 3.18. The number of hydrogen-bond donors (Lipinski definition) is 0. The van der Waals surface area contributed by atoms with Gasteiger partial charge in [0.15, 0.2) is 5.72 Å². The maximum absolute atomic E-state index is 5.53. The minimum absolute atomic E-state index is 0.138. The van der Waals surface area contributed by atoms with Crippen molar-refractivity contribution in [2.45, 2.75) is 26.1 Å². The second-order valence-electron chi connectivity index (χ2n) is 4.62. The van der Waals surface area contributed by atoms with E-state index in [-0.39, 0.29) is 11.3 Å². The second-order valence-corrected chi connectivity index (χ2v) is 5.10. The van der Waals surface area contributed by atoms with Crippen LogP contribution in [0.25, 0.3) is 0 Å². The number of aryl methyl sites for hydroxylation is 2. The molecule has 0 aliphatic carbocycles. The third kappa shape index (κ3) is 2.10. The van der Waals surface area contributed by atoms with Crippen molar-refractivity contribution in [3.63, 3.8) is 0 Å². The van der Waals surface area contributed by atoms with E-state index < -0.39 is 0 Å². The summed E-state index contributed by atoms with van der Waals surface area (Å²) in [6.45, 7) is 6.53. The molecule has 1 rings (SSSR count). The van der Waals surface area contributed by atoms with Crippen molar-refractivity contribution < 1.29 is 4.57 Å². The molecule has 0 amide bonds. The van der Waals surface area contributed by atoms with Crippen molar-refractivity contribution in [2.75, 3.05) is 0 Å². The Balaban J connectivity index is 3.08. The van der Waals surface area contributed by atoms with Gasteiger partial charge in [-0.1, -0.05) is 26.1 Å². The predicted molar refractivity (Wildman–Crippen MR) is 59.1 cm³/mol. The van der Waals surface area contributed by atoms with Gasteiger partial charge in [-0.05, 0) is 0 Å². The van der Waals surface area contributed by atoms with Gasteiger partial charge in [0, 0.05) is 0 Å². The molecule has 1 aromatic heterocycles. The van der Waals surface area contributed by atoms with Crippen LogP contribution in [0.2, 0.25) is 5.31 Å². The summed E-state index contributed by atoms with van der Waals surface area (Å²) in [6.07, 6.45) is 4.08. The van der Waals surface area contributed by atoms with Crippen LogP contribution in [0.1, 0.15) is 20.8 Å². The average molecular weight is 196 g/mol. The minimum atomic E-state index is 0.138. The molecule has 0 atom stereocenters. The van der Waals surface area contributed by atoms with Crippen LogP contribution in [0.4, 0.5) is 0 Å². The van der Waals surface area contributed by atoms with Gasteiger partial charge in [0.25, 0.3) is 0 Å². The standard InChI is InChI=1S/C9H17BN2S/c1-9(2,3)10(13)8-11(4)6-7-12(8)5/h6-7H,1-5H3. The maximum atomic E-state index is 5.53. The molecule has 0 unspecified atom stereocenters. The lowest BCUT2D eigenvalue weighted by Gasteiger charge is -2.30. The minimum Gasteiger partial charge on any atom is -0.812 e. The molecular weight excluding hydrogens is 179 g/mol. The van der Waals surface area contributed by atoms with E-state index in [2.05, 4.69) is 29.9 Å². The van der Waals surface area contributed by atoms with Gasteiger partial charge in [0.1, 0.15) is 18.4 Å². The molecule has 0 aliphatic heterocycles. The van der Waals surface area contributed by atoms with E-state index in [1.807, 2.05) is 26.5 Å². The van der Waals surface area contributed by atoms with Crippen molar-refractivity contribution in [3.05, 3.63) is 12.4 Å². The lowest BCUT2D eigenvalue weighted by atomic mass is 9.52. The number of rotatable bonds is 1. The molecule has 13 heavy (non-hydrogen) atoms. The molecule has 1 heterocycles. The number of nitrogens with zero attached hydrogens (tertiary/aromatic N) is 2. The molecule has 0 aromatic carbocycles. The highest BCUT2D eigenvalue weighted by atomic mass is 32.1. The Labute approximate surface area is 86.3 Å². The van der Waals surface area contributed by atoms with Gasteiger partial charge >= 0.3 is 0 Å². The lowest BCUT2D eigenvalue weighted by Crippen LogP contribution is -2.57. The van der Waals surface area contributed by atoms with Crippen LogP contribution < -0.4 is 10.3 Å². The monoisotopic (exact) mass is 196 g/mol. The fourth-order valence-electron chi connectivity index (χ4n) is 1.36. The Morgan fingerprint density at radius 1 is 1.46 bits per heavy atom. The van der Waals surface area contributed by atoms with Crippen molar-refractivity contribution in [3.8, 4) is 0 Å². The van der Waals surface area contributed by atoms with Crippen LogP contribution in [0.15, 0.2) is 12.4 Å². The highest BCUT2D eigenvalue weighted by Gasteiger charge is 2.26.